The summed E-state index contributed by atoms with van der Waals surface area (Å²) in [6.45, 7) is -0.224. The Morgan fingerprint density at radius 1 is 0.833 bits per heavy atom. The van der Waals surface area contributed by atoms with Gasteiger partial charge in [0, 0.05) is 35.2 Å². The number of carbonyl (C=O) groups is 3. The van der Waals surface area contributed by atoms with Gasteiger partial charge in [-0.15, -0.1) is 0 Å². The Balaban J connectivity index is 4.37. The number of nitrogens with zero attached hydrogens (tertiary/aromatic N) is 4. The van der Waals surface area contributed by atoms with Gasteiger partial charge in [0.25, 0.3) is 0 Å². The zero-order valence-corrected chi connectivity index (χ0v) is 11.3. The van der Waals surface area contributed by atoms with E-state index >= 15 is 0 Å². The first-order valence-electron chi connectivity index (χ1n) is 5.28. The minimum Gasteiger partial charge on any atom is -0.741 e. The molecule has 0 aromatic heterocycles. The summed E-state index contributed by atoms with van der Waals surface area (Å²) in [5.74, 6) is -1.68. The molecule has 0 atom stereocenters. The van der Waals surface area contributed by atoms with Gasteiger partial charge in [-0.05, 0) is 0 Å². The molecule has 0 aromatic rings. The molecule has 0 radical (unpaired) electrons. The van der Waals surface area contributed by atoms with Crippen molar-refractivity contribution >= 4 is 17.7 Å². The average molecular weight is 259 g/mol. The van der Waals surface area contributed by atoms with Crippen molar-refractivity contribution in [2.45, 2.75) is 6.42 Å². The molecule has 0 bridgehead atoms. The number of carbonyl (C=O) groups excluding carboxylic acids is 3. The molecular formula is C10H19N4O4-. The van der Waals surface area contributed by atoms with Gasteiger partial charge in [0.2, 0.25) is 17.7 Å². The fraction of sp³-hybridized carbons (Fsp3) is 0.700. The summed E-state index contributed by atoms with van der Waals surface area (Å²) < 4.78 is 0. The molecule has 0 aromatic carbocycles. The summed E-state index contributed by atoms with van der Waals surface area (Å²) in [7, 11) is 7.38. The van der Waals surface area contributed by atoms with Crippen LogP contribution < -0.4 is 0 Å². The van der Waals surface area contributed by atoms with Crippen molar-refractivity contribution in [3.63, 3.8) is 0 Å². The van der Waals surface area contributed by atoms with Gasteiger partial charge in [-0.1, -0.05) is 0 Å². The topological polar surface area (TPSA) is 87.2 Å². The van der Waals surface area contributed by atoms with Gasteiger partial charge in [0.15, 0.2) is 0 Å². The quantitative estimate of drug-likeness (QED) is 0.453. The Hall–Kier alpha value is -1.67. The first kappa shape index (κ1) is 16.3. The normalized spacial score (nSPS) is 10.2. The molecule has 0 fully saturated rings. The van der Waals surface area contributed by atoms with Crippen LogP contribution in [0, 0.1) is 5.21 Å². The molecule has 0 unspecified atom stereocenters. The van der Waals surface area contributed by atoms with Crippen LogP contribution in [0.1, 0.15) is 6.42 Å². The number of hydrazine groups is 1. The summed E-state index contributed by atoms with van der Waals surface area (Å²) in [6, 6.07) is 0. The zero-order valence-electron chi connectivity index (χ0n) is 11.3. The molecular weight excluding hydrogens is 240 g/mol. The van der Waals surface area contributed by atoms with Crippen LogP contribution in [-0.4, -0.2) is 79.5 Å². The highest BCUT2D eigenvalue weighted by Gasteiger charge is 2.17. The Kier molecular flexibility index (Phi) is 6.28. The fourth-order valence-electron chi connectivity index (χ4n) is 0.947. The van der Waals surface area contributed by atoms with Gasteiger partial charge in [-0.25, -0.2) is 5.01 Å². The van der Waals surface area contributed by atoms with Crippen LogP contribution in [0.25, 0.3) is 0 Å². The highest BCUT2D eigenvalue weighted by molar-refractivity contribution is 5.96. The second kappa shape index (κ2) is 6.92. The molecule has 8 nitrogen and oxygen atoms in total. The summed E-state index contributed by atoms with van der Waals surface area (Å²) >= 11 is 0. The lowest BCUT2D eigenvalue weighted by atomic mass is 10.3. The highest BCUT2D eigenvalue weighted by Crippen LogP contribution is 1.99. The van der Waals surface area contributed by atoms with E-state index in [-0.39, 0.29) is 17.6 Å². The van der Waals surface area contributed by atoms with Gasteiger partial charge >= 0.3 is 0 Å². The third kappa shape index (κ3) is 5.11. The van der Waals surface area contributed by atoms with Crippen molar-refractivity contribution in [2.24, 2.45) is 0 Å². The predicted molar refractivity (Wildman–Crippen MR) is 64.8 cm³/mol. The van der Waals surface area contributed by atoms with Crippen LogP contribution in [0.3, 0.4) is 0 Å². The standard InChI is InChI=1S/C10H19N4O4/c1-11(2)8(15)6-9(16)14(18)13(5)7-10(17)12(3)4/h6-7H2,1-5H3/q-1. The van der Waals surface area contributed by atoms with Gasteiger partial charge < -0.3 is 20.2 Å². The summed E-state index contributed by atoms with van der Waals surface area (Å²) in [5.41, 5.74) is 0. The summed E-state index contributed by atoms with van der Waals surface area (Å²) in [6.07, 6.45) is -0.517. The van der Waals surface area contributed by atoms with E-state index in [1.165, 1.54) is 30.9 Å². The smallest absolute Gasteiger partial charge is 0.238 e. The van der Waals surface area contributed by atoms with Crippen LogP contribution in [0.4, 0.5) is 0 Å². The Labute approximate surface area is 106 Å². The highest BCUT2D eigenvalue weighted by atomic mass is 16.6. The maximum atomic E-state index is 11.5. The molecule has 104 valence electrons. The molecule has 0 aliphatic carbocycles. The second-order valence-electron chi connectivity index (χ2n) is 4.24. The number of rotatable bonds is 5. The molecule has 0 heterocycles. The number of likely N-dealkylation sites (N-methyl/N-ethyl adjacent to an activating group) is 2. The molecule has 0 N–H and O–H groups in total. The van der Waals surface area contributed by atoms with E-state index < -0.39 is 18.2 Å². The van der Waals surface area contributed by atoms with E-state index in [0.717, 1.165) is 5.01 Å². The number of hydrogen-bond donors (Lipinski definition) is 0. The molecule has 3 amide bonds. The predicted octanol–water partition coefficient (Wildman–Crippen LogP) is -1.27. The SMILES string of the molecule is CN(C)C(=O)CC(=O)N([O-])N(C)CC(=O)N(C)C. The first-order chi connectivity index (χ1) is 8.16. The fourth-order valence-corrected chi connectivity index (χ4v) is 0.947. The summed E-state index contributed by atoms with van der Waals surface area (Å²) in [4.78, 5) is 36.6. The molecule has 0 aliphatic rings. The van der Waals surface area contributed by atoms with E-state index in [0.29, 0.717) is 0 Å². The minimum atomic E-state index is -0.900. The van der Waals surface area contributed by atoms with E-state index in [4.69, 9.17) is 0 Å². The van der Waals surface area contributed by atoms with Crippen LogP contribution in [0.15, 0.2) is 0 Å². The minimum absolute atomic E-state index is 0.0306. The Morgan fingerprint density at radius 2 is 1.28 bits per heavy atom. The largest absolute Gasteiger partial charge is 0.741 e. The van der Waals surface area contributed by atoms with Crippen molar-refractivity contribution in [1.82, 2.24) is 20.0 Å². The van der Waals surface area contributed by atoms with E-state index in [1.807, 2.05) is 0 Å². The van der Waals surface area contributed by atoms with Crippen molar-refractivity contribution in [1.29, 1.82) is 0 Å². The number of hydroxylamine groups is 1. The third-order valence-electron chi connectivity index (χ3n) is 2.19. The number of amides is 3. The monoisotopic (exact) mass is 259 g/mol. The third-order valence-corrected chi connectivity index (χ3v) is 2.19. The van der Waals surface area contributed by atoms with Gasteiger partial charge in [-0.3, -0.25) is 14.4 Å². The van der Waals surface area contributed by atoms with Crippen LogP contribution in [0.2, 0.25) is 0 Å². The lowest BCUT2D eigenvalue weighted by molar-refractivity contribution is -0.148. The van der Waals surface area contributed by atoms with E-state index in [1.54, 1.807) is 14.1 Å². The van der Waals surface area contributed by atoms with Gasteiger partial charge in [-0.2, -0.15) is 0 Å². The Morgan fingerprint density at radius 3 is 1.67 bits per heavy atom. The first-order valence-corrected chi connectivity index (χ1v) is 5.28. The van der Waals surface area contributed by atoms with Gasteiger partial charge in [0.05, 0.1) is 6.54 Å². The van der Waals surface area contributed by atoms with Crippen molar-refractivity contribution in [2.75, 3.05) is 41.8 Å². The van der Waals surface area contributed by atoms with Crippen molar-refractivity contribution in [3.05, 3.63) is 5.21 Å². The van der Waals surface area contributed by atoms with Crippen LogP contribution in [0.5, 0.6) is 0 Å². The van der Waals surface area contributed by atoms with Crippen LogP contribution >= 0.6 is 0 Å². The van der Waals surface area contributed by atoms with Crippen LogP contribution in [-0.2, 0) is 14.4 Å². The molecule has 0 saturated carbocycles. The number of hydrogen-bond acceptors (Lipinski definition) is 5. The maximum absolute atomic E-state index is 11.5. The lowest BCUT2D eigenvalue weighted by Crippen LogP contribution is -2.46. The molecule has 0 aliphatic heterocycles. The zero-order chi connectivity index (χ0) is 14.5. The second-order valence-corrected chi connectivity index (χ2v) is 4.24. The molecule has 0 rings (SSSR count). The average Bonchev–Trinajstić information content (AvgIpc) is 2.27. The van der Waals surface area contributed by atoms with Gasteiger partial charge in [0.1, 0.15) is 6.42 Å². The Bertz CT molecular complexity index is 330. The molecule has 0 saturated heterocycles. The summed E-state index contributed by atoms with van der Waals surface area (Å²) in [5, 5.41) is 12.5. The molecule has 18 heavy (non-hydrogen) atoms. The van der Waals surface area contributed by atoms with Crippen molar-refractivity contribution < 1.29 is 14.4 Å². The van der Waals surface area contributed by atoms with E-state index in [2.05, 4.69) is 0 Å². The molecule has 8 heteroatoms. The van der Waals surface area contributed by atoms with E-state index in [9.17, 15) is 19.6 Å². The lowest BCUT2D eigenvalue weighted by Gasteiger charge is -2.37. The maximum Gasteiger partial charge on any atom is 0.238 e. The molecule has 0 spiro atoms. The van der Waals surface area contributed by atoms with Crippen molar-refractivity contribution in [3.8, 4) is 0 Å².